The van der Waals surface area contributed by atoms with Crippen LogP contribution in [0.1, 0.15) is 12.0 Å². The number of carboxylic acids is 1. The van der Waals surface area contributed by atoms with Crippen LogP contribution < -0.4 is 5.32 Å². The molecule has 0 bridgehead atoms. The second-order valence-electron chi connectivity index (χ2n) is 2.95. The van der Waals surface area contributed by atoms with E-state index in [9.17, 15) is 4.79 Å². The molecule has 0 aliphatic carbocycles. The van der Waals surface area contributed by atoms with Gasteiger partial charge in [-0.3, -0.25) is 4.79 Å². The molecular weight excluding hydrogens is 293 g/mol. The van der Waals surface area contributed by atoms with E-state index in [2.05, 4.69) is 27.9 Å². The number of aliphatic carboxylic acids is 1. The highest BCUT2D eigenvalue weighted by Gasteiger charge is 1.96. The largest absolute Gasteiger partial charge is 0.481 e. The Kier molecular flexibility index (Phi) is 4.89. The van der Waals surface area contributed by atoms with E-state index in [4.69, 9.17) is 5.11 Å². The minimum atomic E-state index is -0.764. The van der Waals surface area contributed by atoms with Gasteiger partial charge >= 0.3 is 5.97 Å². The predicted molar refractivity (Wildman–Crippen MR) is 63.1 cm³/mol. The number of benzene rings is 1. The zero-order valence-corrected chi connectivity index (χ0v) is 9.82. The lowest BCUT2D eigenvalue weighted by atomic mass is 10.2. The van der Waals surface area contributed by atoms with Gasteiger partial charge in [-0.1, -0.05) is 12.1 Å². The van der Waals surface area contributed by atoms with Gasteiger partial charge in [-0.25, -0.2) is 0 Å². The Morgan fingerprint density at radius 1 is 1.36 bits per heavy atom. The van der Waals surface area contributed by atoms with Gasteiger partial charge in [-0.15, -0.1) is 0 Å². The highest BCUT2D eigenvalue weighted by Crippen LogP contribution is 2.06. The highest BCUT2D eigenvalue weighted by molar-refractivity contribution is 14.1. The lowest BCUT2D eigenvalue weighted by Crippen LogP contribution is -2.17. The summed E-state index contributed by atoms with van der Waals surface area (Å²) in [7, 11) is 0. The minimum absolute atomic E-state index is 0.171. The van der Waals surface area contributed by atoms with Crippen LogP contribution in [0, 0.1) is 3.57 Å². The van der Waals surface area contributed by atoms with Gasteiger partial charge < -0.3 is 10.4 Å². The molecule has 1 rings (SSSR count). The van der Waals surface area contributed by atoms with Crippen LogP contribution in [-0.4, -0.2) is 17.6 Å². The van der Waals surface area contributed by atoms with Crippen molar-refractivity contribution in [2.24, 2.45) is 0 Å². The van der Waals surface area contributed by atoms with Crippen LogP contribution in [0.4, 0.5) is 0 Å². The molecule has 2 N–H and O–H groups in total. The van der Waals surface area contributed by atoms with Crippen LogP contribution in [0.25, 0.3) is 0 Å². The number of hydrogen-bond acceptors (Lipinski definition) is 2. The Bertz CT molecular complexity index is 297. The van der Waals surface area contributed by atoms with Crippen LogP contribution in [0.3, 0.4) is 0 Å². The number of rotatable bonds is 5. The molecule has 0 atom stereocenters. The maximum Gasteiger partial charge on any atom is 0.304 e. The van der Waals surface area contributed by atoms with E-state index in [1.54, 1.807) is 0 Å². The molecule has 0 heterocycles. The number of hydrogen-bond donors (Lipinski definition) is 2. The molecule has 0 amide bonds. The zero-order chi connectivity index (χ0) is 10.4. The average molecular weight is 305 g/mol. The fraction of sp³-hybridized carbons (Fsp3) is 0.300. The van der Waals surface area contributed by atoms with Crippen molar-refractivity contribution in [2.75, 3.05) is 6.54 Å². The van der Waals surface area contributed by atoms with Gasteiger partial charge in [0.05, 0.1) is 6.42 Å². The summed E-state index contributed by atoms with van der Waals surface area (Å²) in [6.07, 6.45) is 0.171. The summed E-state index contributed by atoms with van der Waals surface area (Å²) in [5, 5.41) is 11.5. The van der Waals surface area contributed by atoms with Crippen molar-refractivity contribution < 1.29 is 9.90 Å². The summed E-state index contributed by atoms with van der Waals surface area (Å²) in [6, 6.07) is 8.15. The van der Waals surface area contributed by atoms with Crippen LogP contribution in [0.15, 0.2) is 24.3 Å². The van der Waals surface area contributed by atoms with Crippen molar-refractivity contribution >= 4 is 28.6 Å². The maximum atomic E-state index is 10.2. The standard InChI is InChI=1S/C10H12INO2/c11-9-3-1-8(2-4-9)7-12-6-5-10(13)14/h1-4,12H,5-7H2,(H,13,14). The number of carbonyl (C=O) groups is 1. The summed E-state index contributed by atoms with van der Waals surface area (Å²) in [5.74, 6) is -0.764. The van der Waals surface area contributed by atoms with Crippen molar-refractivity contribution in [2.45, 2.75) is 13.0 Å². The van der Waals surface area contributed by atoms with Gasteiger partial charge in [0, 0.05) is 16.7 Å². The van der Waals surface area contributed by atoms with E-state index in [1.807, 2.05) is 24.3 Å². The number of carboxylic acid groups (broad SMARTS) is 1. The van der Waals surface area contributed by atoms with E-state index in [1.165, 1.54) is 9.13 Å². The van der Waals surface area contributed by atoms with Crippen molar-refractivity contribution in [3.63, 3.8) is 0 Å². The summed E-state index contributed by atoms with van der Waals surface area (Å²) < 4.78 is 1.21. The second kappa shape index (κ2) is 5.98. The Labute approximate surface area is 96.7 Å². The fourth-order valence-corrected chi connectivity index (χ4v) is 1.39. The Morgan fingerprint density at radius 2 is 2.00 bits per heavy atom. The Morgan fingerprint density at radius 3 is 2.57 bits per heavy atom. The first-order valence-corrected chi connectivity index (χ1v) is 5.43. The van der Waals surface area contributed by atoms with Crippen molar-refractivity contribution in [3.8, 4) is 0 Å². The summed E-state index contributed by atoms with van der Waals surface area (Å²) in [4.78, 5) is 10.2. The number of nitrogens with one attached hydrogen (secondary N) is 1. The second-order valence-corrected chi connectivity index (χ2v) is 4.19. The molecule has 0 radical (unpaired) electrons. The topological polar surface area (TPSA) is 49.3 Å². The molecule has 0 aliphatic rings. The summed E-state index contributed by atoms with van der Waals surface area (Å²) >= 11 is 2.25. The van der Waals surface area contributed by atoms with E-state index < -0.39 is 5.97 Å². The number of halogens is 1. The monoisotopic (exact) mass is 305 g/mol. The molecule has 1 aromatic rings. The molecule has 0 saturated carbocycles. The molecule has 0 saturated heterocycles. The van der Waals surface area contributed by atoms with Crippen LogP contribution in [0.5, 0.6) is 0 Å². The molecule has 4 heteroatoms. The van der Waals surface area contributed by atoms with Crippen LogP contribution in [0.2, 0.25) is 0 Å². The first-order valence-electron chi connectivity index (χ1n) is 4.35. The first-order chi connectivity index (χ1) is 6.68. The molecule has 76 valence electrons. The Balaban J connectivity index is 2.25. The lowest BCUT2D eigenvalue weighted by molar-refractivity contribution is -0.136. The van der Waals surface area contributed by atoms with Gasteiger partial charge in [0.2, 0.25) is 0 Å². The lowest BCUT2D eigenvalue weighted by Gasteiger charge is -2.02. The quantitative estimate of drug-likeness (QED) is 0.645. The third kappa shape index (κ3) is 4.57. The molecule has 0 aliphatic heterocycles. The summed E-state index contributed by atoms with van der Waals surface area (Å²) in [6.45, 7) is 1.24. The smallest absolute Gasteiger partial charge is 0.304 e. The molecule has 0 spiro atoms. The fourth-order valence-electron chi connectivity index (χ4n) is 1.03. The molecule has 0 fully saturated rings. The molecule has 0 unspecified atom stereocenters. The highest BCUT2D eigenvalue weighted by atomic mass is 127. The molecule has 1 aromatic carbocycles. The molecule has 0 aromatic heterocycles. The SMILES string of the molecule is O=C(O)CCNCc1ccc(I)cc1. The van der Waals surface area contributed by atoms with E-state index in [0.29, 0.717) is 6.54 Å². The maximum absolute atomic E-state index is 10.2. The molecule has 3 nitrogen and oxygen atoms in total. The van der Waals surface area contributed by atoms with E-state index in [0.717, 1.165) is 6.54 Å². The zero-order valence-electron chi connectivity index (χ0n) is 7.66. The summed E-state index contributed by atoms with van der Waals surface area (Å²) in [5.41, 5.74) is 1.18. The van der Waals surface area contributed by atoms with E-state index in [-0.39, 0.29) is 6.42 Å². The first kappa shape index (κ1) is 11.5. The third-order valence-electron chi connectivity index (χ3n) is 1.76. The van der Waals surface area contributed by atoms with Gasteiger partial charge in [0.1, 0.15) is 0 Å². The molecular formula is C10H12INO2. The van der Waals surface area contributed by atoms with Crippen molar-refractivity contribution in [3.05, 3.63) is 33.4 Å². The van der Waals surface area contributed by atoms with Crippen molar-refractivity contribution in [1.29, 1.82) is 0 Å². The van der Waals surface area contributed by atoms with E-state index >= 15 is 0 Å². The minimum Gasteiger partial charge on any atom is -0.481 e. The predicted octanol–water partition coefficient (Wildman–Crippen LogP) is 1.86. The van der Waals surface area contributed by atoms with Crippen molar-refractivity contribution in [1.82, 2.24) is 5.32 Å². The average Bonchev–Trinajstić information content (AvgIpc) is 2.15. The molecule has 14 heavy (non-hydrogen) atoms. The van der Waals surface area contributed by atoms with Gasteiger partial charge in [-0.2, -0.15) is 0 Å². The third-order valence-corrected chi connectivity index (χ3v) is 2.48. The normalized spacial score (nSPS) is 10.1. The van der Waals surface area contributed by atoms with Gasteiger partial charge in [0.25, 0.3) is 0 Å². The Hall–Kier alpha value is -0.620. The van der Waals surface area contributed by atoms with Gasteiger partial charge in [0.15, 0.2) is 0 Å². The van der Waals surface area contributed by atoms with Crippen LogP contribution >= 0.6 is 22.6 Å². The van der Waals surface area contributed by atoms with Gasteiger partial charge in [-0.05, 0) is 40.3 Å². The van der Waals surface area contributed by atoms with Crippen LogP contribution in [-0.2, 0) is 11.3 Å².